The van der Waals surface area contributed by atoms with Crippen LogP contribution in [-0.4, -0.2) is 64.6 Å². The van der Waals surface area contributed by atoms with Crippen LogP contribution in [0.15, 0.2) is 0 Å². The van der Waals surface area contributed by atoms with Gasteiger partial charge in [-0.05, 0) is 104 Å². The fourth-order valence-corrected chi connectivity index (χ4v) is 9.65. The second-order valence-electron chi connectivity index (χ2n) is 13.7. The van der Waals surface area contributed by atoms with Crippen LogP contribution in [0.25, 0.3) is 0 Å². The van der Waals surface area contributed by atoms with E-state index < -0.39 is 24.2 Å². The lowest BCUT2D eigenvalue weighted by Crippen LogP contribution is -2.63. The van der Waals surface area contributed by atoms with Crippen LogP contribution < -0.4 is 11.1 Å². The molecule has 0 bridgehead atoms. The number of amides is 1. The van der Waals surface area contributed by atoms with Gasteiger partial charge in [-0.2, -0.15) is 0 Å². The number of aliphatic carboxylic acids is 1. The number of methoxy groups -OCH3 is 1. The minimum Gasteiger partial charge on any atom is -0.481 e. The average molecular weight is 551 g/mol. The van der Waals surface area contributed by atoms with E-state index in [0.717, 1.165) is 38.5 Å². The summed E-state index contributed by atoms with van der Waals surface area (Å²) >= 11 is 0. The van der Waals surface area contributed by atoms with E-state index in [-0.39, 0.29) is 71.2 Å². The van der Waals surface area contributed by atoms with Crippen LogP contribution in [0.1, 0.15) is 91.4 Å². The van der Waals surface area contributed by atoms with Crippen molar-refractivity contribution in [3.05, 3.63) is 0 Å². The molecule has 0 aliphatic heterocycles. The number of hydrogen-bond acceptors (Lipinski definition) is 7. The van der Waals surface area contributed by atoms with Gasteiger partial charge in [-0.1, -0.05) is 20.8 Å². The molecule has 0 aromatic rings. The summed E-state index contributed by atoms with van der Waals surface area (Å²) in [6, 6.07) is -0.882. The van der Waals surface area contributed by atoms with Gasteiger partial charge >= 0.3 is 11.9 Å². The van der Waals surface area contributed by atoms with Crippen LogP contribution in [0, 0.1) is 46.3 Å². The van der Waals surface area contributed by atoms with Crippen molar-refractivity contribution < 1.29 is 34.4 Å². The second-order valence-corrected chi connectivity index (χ2v) is 13.7. The van der Waals surface area contributed by atoms with Crippen molar-refractivity contribution in [2.45, 2.75) is 116 Å². The lowest BCUT2D eigenvalue weighted by Gasteiger charge is -2.63. The minimum atomic E-state index is -0.965. The number of aliphatic hydroxyl groups excluding tert-OH is 2. The van der Waals surface area contributed by atoms with Crippen LogP contribution >= 0.6 is 0 Å². The van der Waals surface area contributed by atoms with E-state index in [1.165, 1.54) is 7.11 Å². The SMILES string of the molecule is COC(=O)CCC(C)[C@H]1CC[C@H]2[C@@H]3[C@H](O)C[C@@H]4C[C@@H](NC(=O)C(N)CCC(=O)O)CC[C@]4(C)[C@H]3C[C@H](O)[C@]12C. The Bertz CT molecular complexity index is 929. The van der Waals surface area contributed by atoms with Gasteiger partial charge in [0.2, 0.25) is 5.91 Å². The maximum absolute atomic E-state index is 12.6. The number of carbonyl (C=O) groups excluding carboxylic acids is 2. The average Bonchev–Trinajstić information content (AvgIpc) is 3.25. The molecule has 39 heavy (non-hydrogen) atoms. The largest absolute Gasteiger partial charge is 0.481 e. The van der Waals surface area contributed by atoms with Gasteiger partial charge in [-0.25, -0.2) is 0 Å². The number of carboxylic acid groups (broad SMARTS) is 1. The fourth-order valence-electron chi connectivity index (χ4n) is 9.65. The van der Waals surface area contributed by atoms with E-state index in [1.807, 2.05) is 0 Å². The summed E-state index contributed by atoms with van der Waals surface area (Å²) in [6.07, 6.45) is 6.08. The maximum Gasteiger partial charge on any atom is 0.305 e. The predicted molar refractivity (Wildman–Crippen MR) is 145 cm³/mol. The van der Waals surface area contributed by atoms with E-state index in [4.69, 9.17) is 15.6 Å². The van der Waals surface area contributed by atoms with Gasteiger partial charge < -0.3 is 31.1 Å². The van der Waals surface area contributed by atoms with E-state index in [1.54, 1.807) is 0 Å². The summed E-state index contributed by atoms with van der Waals surface area (Å²) < 4.78 is 4.85. The highest BCUT2D eigenvalue weighted by Crippen LogP contribution is 2.68. The number of nitrogens with two attached hydrogens (primary N) is 1. The first kappa shape index (κ1) is 30.3. The molecule has 4 saturated carbocycles. The smallest absolute Gasteiger partial charge is 0.305 e. The van der Waals surface area contributed by atoms with E-state index >= 15 is 0 Å². The first-order valence-corrected chi connectivity index (χ1v) is 15.0. The molecule has 4 rings (SSSR count). The van der Waals surface area contributed by atoms with Crippen molar-refractivity contribution in [2.24, 2.45) is 52.1 Å². The quantitative estimate of drug-likeness (QED) is 0.274. The zero-order valence-corrected chi connectivity index (χ0v) is 24.1. The number of esters is 1. The number of nitrogens with one attached hydrogen (secondary N) is 1. The summed E-state index contributed by atoms with van der Waals surface area (Å²) in [5.41, 5.74) is 5.63. The Hall–Kier alpha value is -1.71. The van der Waals surface area contributed by atoms with Gasteiger partial charge in [0.25, 0.3) is 0 Å². The number of fused-ring (bicyclic) bond motifs is 5. The van der Waals surface area contributed by atoms with E-state index in [9.17, 15) is 24.6 Å². The third-order valence-corrected chi connectivity index (χ3v) is 11.9. The highest BCUT2D eigenvalue weighted by Gasteiger charge is 2.65. The highest BCUT2D eigenvalue weighted by atomic mass is 16.5. The Morgan fingerprint density at radius 2 is 1.74 bits per heavy atom. The summed E-state index contributed by atoms with van der Waals surface area (Å²) in [5, 5.41) is 35.3. The molecular weight excluding hydrogens is 500 g/mol. The third kappa shape index (κ3) is 5.60. The zero-order chi connectivity index (χ0) is 28.7. The molecule has 0 aromatic heterocycles. The fraction of sp³-hybridized carbons (Fsp3) is 0.900. The Kier molecular flexibility index (Phi) is 9.04. The van der Waals surface area contributed by atoms with Crippen LogP contribution in [0.5, 0.6) is 0 Å². The lowest BCUT2D eigenvalue weighted by atomic mass is 9.43. The summed E-state index contributed by atoms with van der Waals surface area (Å²) in [6.45, 7) is 6.75. The summed E-state index contributed by atoms with van der Waals surface area (Å²) in [4.78, 5) is 35.2. The van der Waals surface area contributed by atoms with Gasteiger partial charge in [0.1, 0.15) is 0 Å². The van der Waals surface area contributed by atoms with Gasteiger partial charge in [-0.3, -0.25) is 14.4 Å². The Morgan fingerprint density at radius 3 is 2.41 bits per heavy atom. The van der Waals surface area contributed by atoms with Gasteiger partial charge in [0.05, 0.1) is 25.4 Å². The van der Waals surface area contributed by atoms with Crippen molar-refractivity contribution >= 4 is 17.8 Å². The topological polar surface area (TPSA) is 159 Å². The third-order valence-electron chi connectivity index (χ3n) is 11.9. The molecule has 0 aromatic carbocycles. The molecule has 4 aliphatic carbocycles. The van der Waals surface area contributed by atoms with Crippen LogP contribution in [0.2, 0.25) is 0 Å². The summed E-state index contributed by atoms with van der Waals surface area (Å²) in [7, 11) is 1.42. The molecule has 1 amide bonds. The van der Waals surface area contributed by atoms with E-state index in [0.29, 0.717) is 25.2 Å². The lowest BCUT2D eigenvalue weighted by molar-refractivity contribution is -0.202. The maximum atomic E-state index is 12.6. The molecule has 9 heteroatoms. The number of rotatable bonds is 9. The molecule has 222 valence electrons. The Labute approximate surface area is 232 Å². The molecule has 0 spiro atoms. The summed E-state index contributed by atoms with van der Waals surface area (Å²) in [5.74, 6) is -0.0291. The normalized spacial score (nSPS) is 42.8. The minimum absolute atomic E-state index is 0.0204. The van der Waals surface area contributed by atoms with Gasteiger partial charge in [0.15, 0.2) is 0 Å². The number of ether oxygens (including phenoxy) is 1. The number of aliphatic hydroxyl groups is 2. The molecule has 0 radical (unpaired) electrons. The first-order chi connectivity index (χ1) is 18.3. The second kappa shape index (κ2) is 11.6. The van der Waals surface area contributed by atoms with Crippen molar-refractivity contribution in [2.75, 3.05) is 7.11 Å². The Morgan fingerprint density at radius 1 is 1.03 bits per heavy atom. The molecule has 2 unspecified atom stereocenters. The highest BCUT2D eigenvalue weighted by molar-refractivity contribution is 5.82. The predicted octanol–water partition coefficient (Wildman–Crippen LogP) is 2.85. The molecule has 4 aliphatic rings. The van der Waals surface area contributed by atoms with E-state index in [2.05, 4.69) is 26.1 Å². The molecular formula is C30H50N2O7. The first-order valence-electron chi connectivity index (χ1n) is 15.0. The van der Waals surface area contributed by atoms with Crippen LogP contribution in [0.3, 0.4) is 0 Å². The molecule has 4 fully saturated rings. The van der Waals surface area contributed by atoms with Crippen LogP contribution in [-0.2, 0) is 19.1 Å². The van der Waals surface area contributed by atoms with Crippen LogP contribution in [0.4, 0.5) is 0 Å². The Balaban J connectivity index is 1.45. The number of carbonyl (C=O) groups is 3. The van der Waals surface area contributed by atoms with Crippen molar-refractivity contribution in [3.8, 4) is 0 Å². The van der Waals surface area contributed by atoms with Crippen molar-refractivity contribution in [1.82, 2.24) is 5.32 Å². The molecule has 6 N–H and O–H groups in total. The molecule has 0 saturated heterocycles. The zero-order valence-electron chi connectivity index (χ0n) is 24.1. The van der Waals surface area contributed by atoms with Crippen molar-refractivity contribution in [1.29, 1.82) is 0 Å². The molecule has 9 nitrogen and oxygen atoms in total. The van der Waals surface area contributed by atoms with Gasteiger partial charge in [-0.15, -0.1) is 0 Å². The monoisotopic (exact) mass is 550 g/mol. The standard InChI is InChI=1S/C30H50N2O7/c1-16(5-10-26(37)39-4)19-6-7-20-27-21(15-24(34)30(19,20)3)29(2)12-11-18(13-17(29)14-23(27)33)32-28(38)22(31)8-9-25(35)36/h16-24,27,33-34H,5-15,31H2,1-4H3,(H,32,38)(H,35,36)/t16?,17-,18-,19+,20-,21-,22?,23+,24-,27-,29-,30+/m0/s1. The molecule has 12 atom stereocenters. The van der Waals surface area contributed by atoms with Gasteiger partial charge in [0, 0.05) is 18.9 Å². The molecule has 0 heterocycles. The number of carboxylic acids is 1. The number of hydrogen-bond donors (Lipinski definition) is 5. The van der Waals surface area contributed by atoms with Crippen molar-refractivity contribution in [3.63, 3.8) is 0 Å².